The highest BCUT2D eigenvalue weighted by atomic mass is 19.1. The first kappa shape index (κ1) is 46.3. The van der Waals surface area contributed by atoms with Gasteiger partial charge in [0, 0.05) is 61.3 Å². The molecule has 4 aromatic carbocycles. The molecule has 2 N–H and O–H groups in total. The second-order valence-electron chi connectivity index (χ2n) is 17.6. The summed E-state index contributed by atoms with van der Waals surface area (Å²) in [7, 11) is 0. The van der Waals surface area contributed by atoms with Crippen LogP contribution in [0.25, 0.3) is 0 Å². The number of aliphatic hydroxyl groups excluding tert-OH is 2. The lowest BCUT2D eigenvalue weighted by molar-refractivity contribution is -0.384. The van der Waals surface area contributed by atoms with Crippen LogP contribution < -0.4 is 9.47 Å². The summed E-state index contributed by atoms with van der Waals surface area (Å²) in [6.07, 6.45) is 10.5. The Labute approximate surface area is 383 Å². The van der Waals surface area contributed by atoms with Gasteiger partial charge in [0.2, 0.25) is 11.7 Å². The molecule has 0 radical (unpaired) electrons. The molecule has 13 nitrogen and oxygen atoms in total. The quantitative estimate of drug-likeness (QED) is 0.0255. The Morgan fingerprint density at radius 1 is 0.955 bits per heavy atom. The molecule has 1 aliphatic heterocycles. The normalized spacial score (nSPS) is 23.4. The number of ether oxygens (including phenoxy) is 3. The van der Waals surface area contributed by atoms with E-state index >= 15 is 0 Å². The van der Waals surface area contributed by atoms with Crippen molar-refractivity contribution in [1.82, 2.24) is 4.90 Å². The Morgan fingerprint density at radius 2 is 1.68 bits per heavy atom. The third-order valence-corrected chi connectivity index (χ3v) is 13.3. The van der Waals surface area contributed by atoms with E-state index in [2.05, 4.69) is 12.7 Å². The van der Waals surface area contributed by atoms with Crippen LogP contribution in [0.2, 0.25) is 0 Å². The molecule has 346 valence electrons. The van der Waals surface area contributed by atoms with Gasteiger partial charge >= 0.3 is 0 Å². The SMILES string of the molecule is C=CCOC12Oc3ccc(Oc4cccc(C=O)c4)cc3C3C(CCCCO)C(CCCCO)C=C(C(=NOCc4ccc([N+](=O)[O-])cc4)CC1N(Cc1ccc(F)cc1)C(=O)C1CC1)C32. The van der Waals surface area contributed by atoms with E-state index in [0.29, 0.717) is 46.9 Å². The van der Waals surface area contributed by atoms with Gasteiger partial charge in [0.05, 0.1) is 23.2 Å². The monoisotopic (exact) mass is 901 g/mol. The molecule has 8 rings (SSSR count). The number of carbonyl (C=O) groups excluding carboxylic acids is 2. The number of hydrogen-bond acceptors (Lipinski definition) is 11. The summed E-state index contributed by atoms with van der Waals surface area (Å²) >= 11 is 0. The van der Waals surface area contributed by atoms with Crippen molar-refractivity contribution in [2.45, 2.75) is 88.7 Å². The number of aldehydes is 1. The van der Waals surface area contributed by atoms with Crippen molar-refractivity contribution in [3.8, 4) is 17.2 Å². The zero-order chi connectivity index (χ0) is 46.2. The summed E-state index contributed by atoms with van der Waals surface area (Å²) < 4.78 is 35.2. The van der Waals surface area contributed by atoms with Crippen LogP contribution in [0.1, 0.15) is 90.8 Å². The molecular weight excluding hydrogens is 846 g/mol. The summed E-state index contributed by atoms with van der Waals surface area (Å²) in [4.78, 5) is 45.5. The molecule has 4 aromatic rings. The van der Waals surface area contributed by atoms with Crippen LogP contribution in [-0.4, -0.2) is 69.6 Å². The number of hydrogen-bond donors (Lipinski definition) is 2. The molecule has 6 unspecified atom stereocenters. The number of rotatable bonds is 22. The largest absolute Gasteiger partial charge is 0.459 e. The molecule has 0 bridgehead atoms. The van der Waals surface area contributed by atoms with Crippen molar-refractivity contribution in [3.05, 3.63) is 153 Å². The number of oxime groups is 1. The molecule has 1 amide bonds. The number of fused-ring (bicyclic) bond motifs is 2. The Kier molecular flexibility index (Phi) is 14.7. The maximum absolute atomic E-state index is 14.8. The highest BCUT2D eigenvalue weighted by Gasteiger charge is 2.66. The Balaban J connectivity index is 1.32. The maximum Gasteiger partial charge on any atom is 0.269 e. The molecular formula is C52H56FN3O10. The van der Waals surface area contributed by atoms with Gasteiger partial charge in [0.1, 0.15) is 42.0 Å². The van der Waals surface area contributed by atoms with Gasteiger partial charge in [-0.15, -0.1) is 6.58 Å². The topological polar surface area (TPSA) is 170 Å². The molecule has 3 aliphatic carbocycles. The van der Waals surface area contributed by atoms with E-state index in [9.17, 15) is 34.3 Å². The lowest BCUT2D eigenvalue weighted by Gasteiger charge is -2.60. The molecule has 0 saturated heterocycles. The third kappa shape index (κ3) is 10.1. The van der Waals surface area contributed by atoms with Crippen LogP contribution in [0.5, 0.6) is 17.2 Å². The minimum atomic E-state index is -1.51. The fourth-order valence-electron chi connectivity index (χ4n) is 10.1. The molecule has 0 spiro atoms. The van der Waals surface area contributed by atoms with Crippen molar-refractivity contribution in [2.24, 2.45) is 28.8 Å². The number of amides is 1. The minimum absolute atomic E-state index is 0.0149. The smallest absolute Gasteiger partial charge is 0.269 e. The number of allylic oxidation sites excluding steroid dienone is 1. The number of benzene rings is 4. The maximum atomic E-state index is 14.8. The van der Waals surface area contributed by atoms with E-state index in [1.165, 1.54) is 24.3 Å². The van der Waals surface area contributed by atoms with Gasteiger partial charge in [-0.25, -0.2) is 4.39 Å². The van der Waals surface area contributed by atoms with Crippen molar-refractivity contribution in [1.29, 1.82) is 0 Å². The average molecular weight is 902 g/mol. The molecule has 2 saturated carbocycles. The average Bonchev–Trinajstić information content (AvgIpc) is 4.18. The zero-order valence-corrected chi connectivity index (χ0v) is 36.8. The summed E-state index contributed by atoms with van der Waals surface area (Å²) in [5, 5.41) is 36.2. The van der Waals surface area contributed by atoms with Gasteiger partial charge in [-0.3, -0.25) is 19.7 Å². The second-order valence-corrected chi connectivity index (χ2v) is 17.6. The summed E-state index contributed by atoms with van der Waals surface area (Å²) in [5.41, 5.74) is 4.11. The van der Waals surface area contributed by atoms with Gasteiger partial charge in [0.25, 0.3) is 5.69 Å². The number of nitro benzene ring substituents is 1. The van der Waals surface area contributed by atoms with Gasteiger partial charge in [0.15, 0.2) is 0 Å². The van der Waals surface area contributed by atoms with E-state index in [-0.39, 0.29) is 74.7 Å². The minimum Gasteiger partial charge on any atom is -0.459 e. The molecule has 6 atom stereocenters. The van der Waals surface area contributed by atoms with Crippen molar-refractivity contribution >= 4 is 23.6 Å². The number of nitrogens with zero attached hydrogens (tertiary/aromatic N) is 3. The lowest BCUT2D eigenvalue weighted by atomic mass is 9.55. The molecule has 1 heterocycles. The van der Waals surface area contributed by atoms with Gasteiger partial charge < -0.3 is 34.2 Å². The Morgan fingerprint density at radius 3 is 2.38 bits per heavy atom. The summed E-state index contributed by atoms with van der Waals surface area (Å²) in [5.74, 6) is -1.61. The number of halogens is 1. The fourth-order valence-corrected chi connectivity index (χ4v) is 10.1. The van der Waals surface area contributed by atoms with E-state index in [1.54, 1.807) is 54.6 Å². The Bertz CT molecular complexity index is 2440. The van der Waals surface area contributed by atoms with Gasteiger partial charge in [-0.1, -0.05) is 54.4 Å². The van der Waals surface area contributed by atoms with E-state index in [0.717, 1.165) is 61.5 Å². The van der Waals surface area contributed by atoms with Gasteiger partial charge in [-0.05, 0) is 122 Å². The van der Waals surface area contributed by atoms with E-state index < -0.39 is 28.5 Å². The van der Waals surface area contributed by atoms with Crippen LogP contribution >= 0.6 is 0 Å². The molecule has 66 heavy (non-hydrogen) atoms. The van der Waals surface area contributed by atoms with E-state index in [1.807, 2.05) is 23.1 Å². The zero-order valence-electron chi connectivity index (χ0n) is 36.8. The lowest BCUT2D eigenvalue weighted by Crippen LogP contribution is -2.70. The molecule has 0 aromatic heterocycles. The van der Waals surface area contributed by atoms with Crippen LogP contribution in [0.4, 0.5) is 10.1 Å². The molecule has 4 aliphatic rings. The highest BCUT2D eigenvalue weighted by Crippen LogP contribution is 2.62. The predicted octanol–water partition coefficient (Wildman–Crippen LogP) is 9.61. The van der Waals surface area contributed by atoms with Crippen molar-refractivity contribution in [2.75, 3.05) is 19.8 Å². The number of non-ortho nitro benzene ring substituents is 1. The standard InChI is InChI=1S/C52H56FN3O10/c1-2-26-63-52-48(55(51(60)37-16-17-37)31-34-12-18-39(53)19-13-34)30-46(54-64-33-35-14-20-40(21-15-35)56(61)62)44-28-38(9-3-5-24-57)43(11-4-6-25-58)49(50(44)52)45-29-42(22-23-47(45)66-52)65-41-10-7-8-36(27-41)32-59/h2,7-8,10,12-15,18-23,27-29,32,37-38,43,48-50,57-58H,1,3-6,9,11,16-17,24-26,30-31,33H2. The Hall–Kier alpha value is -6.22. The van der Waals surface area contributed by atoms with Crippen molar-refractivity contribution < 1.29 is 48.2 Å². The first-order valence-corrected chi connectivity index (χ1v) is 22.9. The van der Waals surface area contributed by atoms with Crippen LogP contribution in [0.15, 0.2) is 120 Å². The molecule has 14 heteroatoms. The first-order valence-electron chi connectivity index (χ1n) is 22.9. The highest BCUT2D eigenvalue weighted by molar-refractivity contribution is 6.03. The second kappa shape index (κ2) is 21.0. The van der Waals surface area contributed by atoms with E-state index in [4.69, 9.17) is 24.2 Å². The van der Waals surface area contributed by atoms with Crippen molar-refractivity contribution in [3.63, 3.8) is 0 Å². The number of nitro groups is 1. The third-order valence-electron chi connectivity index (χ3n) is 13.3. The molecule has 2 fully saturated rings. The fraction of sp³-hybridized carbons (Fsp3) is 0.404. The number of unbranched alkanes of at least 4 members (excludes halogenated alkanes) is 2. The first-order chi connectivity index (χ1) is 32.2. The van der Waals surface area contributed by atoms with Crippen LogP contribution in [0.3, 0.4) is 0 Å². The summed E-state index contributed by atoms with van der Waals surface area (Å²) in [6.45, 7) is 4.34. The summed E-state index contributed by atoms with van der Waals surface area (Å²) in [6, 6.07) is 24.0. The van der Waals surface area contributed by atoms with Crippen LogP contribution in [-0.2, 0) is 27.5 Å². The number of carbonyl (C=O) groups is 2. The van der Waals surface area contributed by atoms with Gasteiger partial charge in [-0.2, -0.15) is 0 Å². The van der Waals surface area contributed by atoms with Crippen LogP contribution in [0, 0.1) is 39.6 Å². The number of aliphatic hydroxyl groups is 2. The predicted molar refractivity (Wildman–Crippen MR) is 244 cm³/mol.